The van der Waals surface area contributed by atoms with Gasteiger partial charge in [0.1, 0.15) is 5.78 Å². The van der Waals surface area contributed by atoms with Gasteiger partial charge in [0.25, 0.3) is 0 Å². The van der Waals surface area contributed by atoms with Crippen molar-refractivity contribution >= 4 is 5.78 Å². The van der Waals surface area contributed by atoms with Crippen LogP contribution < -0.4 is 0 Å². The van der Waals surface area contributed by atoms with Crippen LogP contribution in [0.4, 0.5) is 0 Å². The highest BCUT2D eigenvalue weighted by atomic mass is 16.2. The minimum Gasteiger partial charge on any atom is -0.396 e. The molecule has 0 saturated heterocycles. The van der Waals surface area contributed by atoms with Gasteiger partial charge in [-0.1, -0.05) is 38.7 Å². The average Bonchev–Trinajstić information content (AvgIpc) is 2.41. The molecular weight excluding hydrogens is 236 g/mol. The molecule has 0 aliphatic rings. The Balaban J connectivity index is 3.99. The fourth-order valence-electron chi connectivity index (χ4n) is 2.40. The molecule has 0 aliphatic carbocycles. The largest absolute Gasteiger partial charge is 0.396 e. The Morgan fingerprint density at radius 2 is 1.79 bits per heavy atom. The summed E-state index contributed by atoms with van der Waals surface area (Å²) >= 11 is 0. The molecule has 0 bridgehead atoms. The van der Waals surface area contributed by atoms with Crippen LogP contribution in [0, 0.1) is 5.92 Å². The van der Waals surface area contributed by atoms with E-state index in [-0.39, 0.29) is 12.5 Å². The SMILES string of the molecule is C=CCCCCC(CCCCO)C(=O)CCCCC. The molecular formula is C17H32O2. The maximum atomic E-state index is 12.2. The van der Waals surface area contributed by atoms with Crippen molar-refractivity contribution in [1.82, 2.24) is 0 Å². The molecule has 112 valence electrons. The van der Waals surface area contributed by atoms with Crippen LogP contribution in [0.5, 0.6) is 0 Å². The molecule has 1 unspecified atom stereocenters. The van der Waals surface area contributed by atoms with E-state index in [0.717, 1.165) is 64.2 Å². The summed E-state index contributed by atoms with van der Waals surface area (Å²) < 4.78 is 0. The Morgan fingerprint density at radius 1 is 1.11 bits per heavy atom. The topological polar surface area (TPSA) is 37.3 Å². The third-order valence-corrected chi connectivity index (χ3v) is 3.65. The van der Waals surface area contributed by atoms with Gasteiger partial charge in [-0.05, 0) is 38.5 Å². The van der Waals surface area contributed by atoms with Crippen LogP contribution in [-0.4, -0.2) is 17.5 Å². The fourth-order valence-corrected chi connectivity index (χ4v) is 2.40. The van der Waals surface area contributed by atoms with E-state index < -0.39 is 0 Å². The quantitative estimate of drug-likeness (QED) is 0.367. The zero-order chi connectivity index (χ0) is 14.3. The highest BCUT2D eigenvalue weighted by molar-refractivity contribution is 5.80. The van der Waals surface area contributed by atoms with Crippen molar-refractivity contribution in [2.45, 2.75) is 77.6 Å². The molecule has 0 rings (SSSR count). The number of aliphatic hydroxyl groups excluding tert-OH is 1. The molecule has 0 fully saturated rings. The summed E-state index contributed by atoms with van der Waals surface area (Å²) in [6.45, 7) is 6.14. The molecule has 2 nitrogen and oxygen atoms in total. The van der Waals surface area contributed by atoms with Crippen molar-refractivity contribution in [3.8, 4) is 0 Å². The Bertz CT molecular complexity index is 223. The van der Waals surface area contributed by atoms with Gasteiger partial charge in [-0.2, -0.15) is 0 Å². The van der Waals surface area contributed by atoms with Gasteiger partial charge in [-0.3, -0.25) is 4.79 Å². The second-order valence-electron chi connectivity index (χ2n) is 5.41. The number of rotatable bonds is 14. The predicted molar refractivity (Wildman–Crippen MR) is 82.2 cm³/mol. The highest BCUT2D eigenvalue weighted by Crippen LogP contribution is 2.20. The molecule has 0 radical (unpaired) electrons. The zero-order valence-corrected chi connectivity index (χ0v) is 12.7. The molecule has 0 amide bonds. The lowest BCUT2D eigenvalue weighted by Gasteiger charge is -2.15. The standard InChI is InChI=1S/C17H32O2/c1-3-5-7-9-12-16(13-10-11-15-18)17(19)14-8-6-4-2/h3,16,18H,1,4-15H2,2H3. The van der Waals surface area contributed by atoms with Crippen LogP contribution in [0.15, 0.2) is 12.7 Å². The highest BCUT2D eigenvalue weighted by Gasteiger charge is 2.16. The van der Waals surface area contributed by atoms with Crippen LogP contribution >= 0.6 is 0 Å². The van der Waals surface area contributed by atoms with Gasteiger partial charge in [-0.15, -0.1) is 6.58 Å². The lowest BCUT2D eigenvalue weighted by molar-refractivity contribution is -0.123. The first-order valence-electron chi connectivity index (χ1n) is 8.00. The molecule has 0 aromatic carbocycles. The first-order chi connectivity index (χ1) is 9.26. The van der Waals surface area contributed by atoms with E-state index >= 15 is 0 Å². The molecule has 1 atom stereocenters. The second-order valence-corrected chi connectivity index (χ2v) is 5.41. The van der Waals surface area contributed by atoms with E-state index in [1.54, 1.807) is 0 Å². The number of carbonyl (C=O) groups excluding carboxylic acids is 1. The van der Waals surface area contributed by atoms with E-state index in [0.29, 0.717) is 5.78 Å². The van der Waals surface area contributed by atoms with E-state index in [9.17, 15) is 4.79 Å². The Labute approximate surface area is 119 Å². The zero-order valence-electron chi connectivity index (χ0n) is 12.7. The van der Waals surface area contributed by atoms with Crippen LogP contribution in [0.3, 0.4) is 0 Å². The number of unbranched alkanes of at least 4 members (excludes halogenated alkanes) is 5. The minimum atomic E-state index is 0.230. The normalized spacial score (nSPS) is 12.3. The molecule has 19 heavy (non-hydrogen) atoms. The van der Waals surface area contributed by atoms with Crippen molar-refractivity contribution in [2.24, 2.45) is 5.92 Å². The van der Waals surface area contributed by atoms with E-state index in [1.807, 2.05) is 6.08 Å². The molecule has 0 aromatic rings. The summed E-state index contributed by atoms with van der Waals surface area (Å²) in [5, 5.41) is 8.84. The van der Waals surface area contributed by atoms with Crippen LogP contribution in [0.2, 0.25) is 0 Å². The Morgan fingerprint density at radius 3 is 2.37 bits per heavy atom. The predicted octanol–water partition coefficient (Wildman–Crippen LogP) is 4.66. The number of carbonyl (C=O) groups is 1. The van der Waals surface area contributed by atoms with Crippen LogP contribution in [-0.2, 0) is 4.79 Å². The summed E-state index contributed by atoms with van der Waals surface area (Å²) in [5.74, 6) is 0.679. The van der Waals surface area contributed by atoms with Gasteiger partial charge in [0.05, 0.1) is 0 Å². The number of hydrogen-bond donors (Lipinski definition) is 1. The molecule has 0 aromatic heterocycles. The van der Waals surface area contributed by atoms with Gasteiger partial charge < -0.3 is 5.11 Å². The third kappa shape index (κ3) is 10.9. The van der Waals surface area contributed by atoms with Crippen molar-refractivity contribution in [3.05, 3.63) is 12.7 Å². The van der Waals surface area contributed by atoms with Crippen molar-refractivity contribution < 1.29 is 9.90 Å². The average molecular weight is 268 g/mol. The number of ketones is 1. The van der Waals surface area contributed by atoms with Gasteiger partial charge in [-0.25, -0.2) is 0 Å². The molecule has 0 aliphatic heterocycles. The number of allylic oxidation sites excluding steroid dienone is 1. The Kier molecular flexibility index (Phi) is 13.3. The summed E-state index contributed by atoms with van der Waals surface area (Å²) in [4.78, 5) is 12.2. The van der Waals surface area contributed by atoms with Crippen molar-refractivity contribution in [2.75, 3.05) is 6.61 Å². The van der Waals surface area contributed by atoms with Crippen LogP contribution in [0.25, 0.3) is 0 Å². The fraction of sp³-hybridized carbons (Fsp3) is 0.824. The van der Waals surface area contributed by atoms with Gasteiger partial charge in [0.2, 0.25) is 0 Å². The first-order valence-corrected chi connectivity index (χ1v) is 8.00. The van der Waals surface area contributed by atoms with Crippen LogP contribution in [0.1, 0.15) is 77.6 Å². The first kappa shape index (κ1) is 18.4. The monoisotopic (exact) mass is 268 g/mol. The minimum absolute atomic E-state index is 0.230. The maximum absolute atomic E-state index is 12.2. The van der Waals surface area contributed by atoms with E-state index in [2.05, 4.69) is 13.5 Å². The number of aliphatic hydroxyl groups is 1. The van der Waals surface area contributed by atoms with Gasteiger partial charge in [0.15, 0.2) is 0 Å². The smallest absolute Gasteiger partial charge is 0.135 e. The molecule has 1 N–H and O–H groups in total. The van der Waals surface area contributed by atoms with Crippen molar-refractivity contribution in [1.29, 1.82) is 0 Å². The summed E-state index contributed by atoms with van der Waals surface area (Å²) in [5.41, 5.74) is 0. The summed E-state index contributed by atoms with van der Waals surface area (Å²) in [6, 6.07) is 0. The molecule has 0 heterocycles. The van der Waals surface area contributed by atoms with Gasteiger partial charge in [0, 0.05) is 18.9 Å². The van der Waals surface area contributed by atoms with Crippen molar-refractivity contribution in [3.63, 3.8) is 0 Å². The molecule has 2 heteroatoms. The number of hydrogen-bond acceptors (Lipinski definition) is 2. The number of Topliss-reactive ketones (excluding diaryl/α,β-unsaturated/α-hetero) is 1. The third-order valence-electron chi connectivity index (χ3n) is 3.65. The lowest BCUT2D eigenvalue weighted by atomic mass is 9.89. The summed E-state index contributed by atoms with van der Waals surface area (Å²) in [7, 11) is 0. The lowest BCUT2D eigenvalue weighted by Crippen LogP contribution is -2.15. The molecule has 0 saturated carbocycles. The molecule has 0 spiro atoms. The Hall–Kier alpha value is -0.630. The maximum Gasteiger partial charge on any atom is 0.135 e. The summed E-state index contributed by atoms with van der Waals surface area (Å²) in [6.07, 6.45) is 13.1. The second kappa shape index (κ2) is 13.8. The van der Waals surface area contributed by atoms with E-state index in [1.165, 1.54) is 6.42 Å². The van der Waals surface area contributed by atoms with Gasteiger partial charge >= 0.3 is 0 Å². The van der Waals surface area contributed by atoms with E-state index in [4.69, 9.17) is 5.11 Å².